The zero-order valence-corrected chi connectivity index (χ0v) is 13.0. The molecule has 1 rings (SSSR count). The third kappa shape index (κ3) is 4.21. The molecule has 2 atom stereocenters. The molecule has 0 aliphatic rings. The summed E-state index contributed by atoms with van der Waals surface area (Å²) in [4.78, 5) is 0. The molecule has 2 unspecified atom stereocenters. The highest BCUT2D eigenvalue weighted by atomic mass is 32.2. The van der Waals surface area contributed by atoms with Crippen LogP contribution in [0.3, 0.4) is 0 Å². The van der Waals surface area contributed by atoms with E-state index >= 15 is 0 Å². The Morgan fingerprint density at radius 2 is 1.89 bits per heavy atom. The Labute approximate surface area is 117 Å². The normalized spacial score (nSPS) is 14.8. The molecule has 0 radical (unpaired) electrons. The maximum Gasteiger partial charge on any atom is 0.123 e. The zero-order valence-electron chi connectivity index (χ0n) is 12.2. The molecule has 0 aliphatic heterocycles. The lowest BCUT2D eigenvalue weighted by atomic mass is 10.1. The first kappa shape index (κ1) is 16.0. The molecule has 0 amide bonds. The first-order chi connectivity index (χ1) is 8.79. The molecule has 0 saturated carbocycles. The molecule has 108 valence electrons. The van der Waals surface area contributed by atoms with Crippen molar-refractivity contribution in [1.29, 1.82) is 0 Å². The van der Waals surface area contributed by atoms with Crippen molar-refractivity contribution in [2.24, 2.45) is 5.73 Å². The second-order valence-electron chi connectivity index (χ2n) is 5.34. The molecule has 0 bridgehead atoms. The van der Waals surface area contributed by atoms with E-state index < -0.39 is 10.8 Å². The fraction of sp³-hybridized carbons (Fsp3) is 0.571. The Morgan fingerprint density at radius 3 is 2.37 bits per heavy atom. The molecule has 0 fully saturated rings. The Balaban J connectivity index is 2.98. The van der Waals surface area contributed by atoms with Gasteiger partial charge >= 0.3 is 0 Å². The maximum absolute atomic E-state index is 12.2. The van der Waals surface area contributed by atoms with Crippen molar-refractivity contribution in [2.75, 3.05) is 20.0 Å². The van der Waals surface area contributed by atoms with Gasteiger partial charge in [0.25, 0.3) is 0 Å². The lowest BCUT2D eigenvalue weighted by molar-refractivity contribution is 0.396. The topological polar surface area (TPSA) is 61.6 Å². The summed E-state index contributed by atoms with van der Waals surface area (Å²) < 4.78 is 22.4. The first-order valence-electron chi connectivity index (χ1n) is 6.15. The number of rotatable bonds is 5. The monoisotopic (exact) mass is 285 g/mol. The fourth-order valence-corrected chi connectivity index (χ4v) is 2.64. The van der Waals surface area contributed by atoms with Gasteiger partial charge in [0.1, 0.15) is 11.5 Å². The Kier molecular flexibility index (Phi) is 5.38. The number of nitrogens with two attached hydrogens (primary N) is 1. The summed E-state index contributed by atoms with van der Waals surface area (Å²) in [7, 11) is 2.19. The summed E-state index contributed by atoms with van der Waals surface area (Å²) in [5, 5.41) is 0. The molecular formula is C14H23NO3S. The highest BCUT2D eigenvalue weighted by Crippen LogP contribution is 2.29. The minimum atomic E-state index is -1.01. The number of ether oxygens (including phenoxy) is 2. The van der Waals surface area contributed by atoms with Gasteiger partial charge in [0, 0.05) is 32.9 Å². The molecule has 4 nitrogen and oxygen atoms in total. The fourth-order valence-electron chi connectivity index (χ4n) is 1.63. The smallest absolute Gasteiger partial charge is 0.123 e. The first-order valence-corrected chi connectivity index (χ1v) is 7.47. The highest BCUT2D eigenvalue weighted by Gasteiger charge is 2.24. The molecule has 1 aromatic rings. The molecule has 5 heteroatoms. The molecule has 0 spiro atoms. The van der Waals surface area contributed by atoms with Gasteiger partial charge in [0.15, 0.2) is 0 Å². The Hall–Kier alpha value is -1.07. The van der Waals surface area contributed by atoms with E-state index in [1.54, 1.807) is 14.2 Å². The van der Waals surface area contributed by atoms with Gasteiger partial charge in [-0.25, -0.2) is 0 Å². The van der Waals surface area contributed by atoms with Gasteiger partial charge < -0.3 is 15.2 Å². The van der Waals surface area contributed by atoms with Crippen LogP contribution in [0, 0.1) is 0 Å². The molecule has 0 aromatic heterocycles. The molecule has 0 saturated heterocycles. The second-order valence-corrected chi connectivity index (χ2v) is 7.59. The van der Waals surface area contributed by atoms with Crippen LogP contribution in [0.4, 0.5) is 0 Å². The average molecular weight is 285 g/mol. The molecule has 1 aromatic carbocycles. The van der Waals surface area contributed by atoms with Crippen LogP contribution in [-0.2, 0) is 10.8 Å². The Bertz CT molecular complexity index is 454. The minimum absolute atomic E-state index is 0.274. The van der Waals surface area contributed by atoms with Crippen molar-refractivity contribution in [3.8, 4) is 11.5 Å². The molecular weight excluding hydrogens is 262 g/mol. The molecule has 0 heterocycles. The van der Waals surface area contributed by atoms with Gasteiger partial charge in [-0.15, -0.1) is 0 Å². The number of benzene rings is 1. The van der Waals surface area contributed by atoms with Crippen LogP contribution in [0.25, 0.3) is 0 Å². The summed E-state index contributed by atoms with van der Waals surface area (Å²) in [6.07, 6.45) is 0. The van der Waals surface area contributed by atoms with Crippen molar-refractivity contribution in [3.63, 3.8) is 0 Å². The lowest BCUT2D eigenvalue weighted by Crippen LogP contribution is -2.29. The van der Waals surface area contributed by atoms with Crippen LogP contribution in [0.15, 0.2) is 18.2 Å². The molecule has 2 N–H and O–H groups in total. The summed E-state index contributed by atoms with van der Waals surface area (Å²) in [5.74, 6) is 1.81. The minimum Gasteiger partial charge on any atom is -0.497 e. The van der Waals surface area contributed by atoms with Gasteiger partial charge in [-0.1, -0.05) is 0 Å². The predicted octanol–water partition coefficient (Wildman–Crippen LogP) is 2.25. The van der Waals surface area contributed by atoms with Gasteiger partial charge in [0.2, 0.25) is 0 Å². The largest absolute Gasteiger partial charge is 0.497 e. The van der Waals surface area contributed by atoms with Crippen LogP contribution in [0.5, 0.6) is 11.5 Å². The van der Waals surface area contributed by atoms with Gasteiger partial charge in [0.05, 0.1) is 14.2 Å². The summed E-state index contributed by atoms with van der Waals surface area (Å²) >= 11 is 0. The van der Waals surface area contributed by atoms with Crippen molar-refractivity contribution >= 4 is 10.8 Å². The van der Waals surface area contributed by atoms with E-state index in [-0.39, 0.29) is 10.8 Å². The highest BCUT2D eigenvalue weighted by molar-refractivity contribution is 7.86. The van der Waals surface area contributed by atoms with E-state index in [0.29, 0.717) is 17.3 Å². The van der Waals surface area contributed by atoms with Gasteiger partial charge in [-0.2, -0.15) is 0 Å². The summed E-state index contributed by atoms with van der Waals surface area (Å²) in [6, 6.07) is 5.12. The molecule has 19 heavy (non-hydrogen) atoms. The quantitative estimate of drug-likeness (QED) is 0.901. The van der Waals surface area contributed by atoms with Crippen molar-refractivity contribution in [3.05, 3.63) is 23.8 Å². The Morgan fingerprint density at radius 1 is 1.26 bits per heavy atom. The number of methoxy groups -OCH3 is 2. The zero-order chi connectivity index (χ0) is 14.6. The van der Waals surface area contributed by atoms with Crippen LogP contribution in [-0.4, -0.2) is 28.9 Å². The van der Waals surface area contributed by atoms with Crippen molar-refractivity contribution < 1.29 is 13.7 Å². The van der Waals surface area contributed by atoms with E-state index in [0.717, 1.165) is 5.56 Å². The SMILES string of the molecule is COc1ccc(OC)c(C(N)CS(=O)C(C)(C)C)c1. The summed E-state index contributed by atoms with van der Waals surface area (Å²) in [6.45, 7) is 5.83. The van der Waals surface area contributed by atoms with E-state index in [4.69, 9.17) is 15.2 Å². The lowest BCUT2D eigenvalue weighted by Gasteiger charge is -2.22. The van der Waals surface area contributed by atoms with E-state index in [2.05, 4.69) is 0 Å². The van der Waals surface area contributed by atoms with Crippen LogP contribution >= 0.6 is 0 Å². The molecule has 0 aliphatic carbocycles. The third-order valence-electron chi connectivity index (χ3n) is 2.85. The second kappa shape index (κ2) is 6.39. The maximum atomic E-state index is 12.2. The van der Waals surface area contributed by atoms with Crippen molar-refractivity contribution in [1.82, 2.24) is 0 Å². The van der Waals surface area contributed by atoms with Crippen molar-refractivity contribution in [2.45, 2.75) is 31.6 Å². The van der Waals surface area contributed by atoms with E-state index in [9.17, 15) is 4.21 Å². The number of hydrogen-bond acceptors (Lipinski definition) is 4. The van der Waals surface area contributed by atoms with Crippen LogP contribution in [0.1, 0.15) is 32.4 Å². The van der Waals surface area contributed by atoms with Crippen LogP contribution < -0.4 is 15.2 Å². The van der Waals surface area contributed by atoms with E-state index in [1.165, 1.54) is 0 Å². The predicted molar refractivity (Wildman–Crippen MR) is 79.2 cm³/mol. The van der Waals surface area contributed by atoms with Gasteiger partial charge in [-0.05, 0) is 39.0 Å². The average Bonchev–Trinajstić information content (AvgIpc) is 2.36. The standard InChI is InChI=1S/C14H23NO3S/c1-14(2,3)19(16)9-12(15)11-8-10(17-4)6-7-13(11)18-5/h6-8,12H,9,15H2,1-5H3. The van der Waals surface area contributed by atoms with Gasteiger partial charge in [-0.3, -0.25) is 4.21 Å². The van der Waals surface area contributed by atoms with Crippen LogP contribution in [0.2, 0.25) is 0 Å². The van der Waals surface area contributed by atoms with E-state index in [1.807, 2.05) is 39.0 Å². The number of hydrogen-bond donors (Lipinski definition) is 1. The third-order valence-corrected chi connectivity index (χ3v) is 4.88. The summed E-state index contributed by atoms with van der Waals surface area (Å²) in [5.41, 5.74) is 6.98.